The van der Waals surface area contributed by atoms with Gasteiger partial charge in [0.05, 0.1) is 0 Å². The van der Waals surface area contributed by atoms with Gasteiger partial charge in [-0.2, -0.15) is 0 Å². The van der Waals surface area contributed by atoms with Crippen LogP contribution in [0.3, 0.4) is 0 Å². The maximum absolute atomic E-state index is 5.72. The molecule has 3 nitrogen and oxygen atoms in total. The molecule has 0 aliphatic carbocycles. The Labute approximate surface area is 134 Å². The van der Waals surface area contributed by atoms with E-state index < -0.39 is 7.12 Å². The Morgan fingerprint density at radius 3 is 2.36 bits per heavy atom. The lowest BCUT2D eigenvalue weighted by atomic mass is 9.90. The molecular formula is C18H25BO3. The normalized spacial score (nSPS) is 10.3. The van der Waals surface area contributed by atoms with E-state index >= 15 is 0 Å². The Morgan fingerprint density at radius 2 is 1.77 bits per heavy atom. The van der Waals surface area contributed by atoms with Gasteiger partial charge in [0.2, 0.25) is 0 Å². The topological polar surface area (TPSA) is 27.7 Å². The average Bonchev–Trinajstić information content (AvgIpc) is 2.44. The van der Waals surface area contributed by atoms with Gasteiger partial charge in [-0.1, -0.05) is 36.0 Å². The molecule has 4 heteroatoms. The molecule has 118 valence electrons. The molecule has 0 N–H and O–H groups in total. The molecule has 0 unspecified atom stereocenters. The summed E-state index contributed by atoms with van der Waals surface area (Å²) >= 11 is 0. The van der Waals surface area contributed by atoms with Gasteiger partial charge in [-0.15, -0.1) is 6.58 Å². The number of hydrogen-bond acceptors (Lipinski definition) is 3. The minimum Gasteiger partial charge on any atom is -0.481 e. The van der Waals surface area contributed by atoms with Crippen LogP contribution >= 0.6 is 0 Å². The van der Waals surface area contributed by atoms with Crippen molar-refractivity contribution in [2.45, 2.75) is 46.3 Å². The lowest BCUT2D eigenvalue weighted by molar-refractivity contribution is 0.140. The fourth-order valence-electron chi connectivity index (χ4n) is 1.80. The summed E-state index contributed by atoms with van der Waals surface area (Å²) in [5.41, 5.74) is 1.10. The number of hydrogen-bond donors (Lipinski definition) is 0. The van der Waals surface area contributed by atoms with E-state index in [2.05, 4.69) is 18.3 Å². The Balaban J connectivity index is 2.59. The minimum absolute atomic E-state index is 0.0623. The maximum Gasteiger partial charge on any atom is 0.550 e. The summed E-state index contributed by atoms with van der Waals surface area (Å²) in [7, 11) is -0.521. The smallest absolute Gasteiger partial charge is 0.481 e. The number of allylic oxidation sites excluding steroid dienone is 1. The van der Waals surface area contributed by atoms with Crippen LogP contribution in [0, 0.1) is 11.7 Å². The van der Waals surface area contributed by atoms with Crippen molar-refractivity contribution in [1.29, 1.82) is 0 Å². The zero-order chi connectivity index (χ0) is 16.4. The SMILES string of the molecule is C=CCc1ccccc1OCC#CB(OC(C)C)OC(C)C. The van der Waals surface area contributed by atoms with Crippen LogP contribution in [-0.2, 0) is 15.7 Å². The third kappa shape index (κ3) is 7.35. The third-order valence-corrected chi connectivity index (χ3v) is 2.65. The van der Waals surface area contributed by atoms with Gasteiger partial charge < -0.3 is 14.0 Å². The van der Waals surface area contributed by atoms with Crippen molar-refractivity contribution in [1.82, 2.24) is 0 Å². The molecular weight excluding hydrogens is 275 g/mol. The first-order valence-electron chi connectivity index (χ1n) is 7.63. The summed E-state index contributed by atoms with van der Waals surface area (Å²) < 4.78 is 16.9. The molecule has 0 amide bonds. The molecule has 1 aromatic carbocycles. The van der Waals surface area contributed by atoms with Crippen molar-refractivity contribution >= 4 is 7.12 Å². The Bertz CT molecular complexity index is 505. The fraction of sp³-hybridized carbons (Fsp3) is 0.444. The van der Waals surface area contributed by atoms with Gasteiger partial charge >= 0.3 is 7.12 Å². The molecule has 0 fully saturated rings. The van der Waals surface area contributed by atoms with Crippen LogP contribution in [0.1, 0.15) is 33.3 Å². The average molecular weight is 300 g/mol. The molecule has 0 aliphatic heterocycles. The molecule has 0 atom stereocenters. The first-order chi connectivity index (χ1) is 10.5. The zero-order valence-corrected chi connectivity index (χ0v) is 14.0. The van der Waals surface area contributed by atoms with Crippen LogP contribution in [0.15, 0.2) is 36.9 Å². The second-order valence-corrected chi connectivity index (χ2v) is 5.41. The first-order valence-corrected chi connectivity index (χ1v) is 7.63. The lowest BCUT2D eigenvalue weighted by Gasteiger charge is -2.14. The Hall–Kier alpha value is -1.70. The van der Waals surface area contributed by atoms with E-state index in [4.69, 9.17) is 14.0 Å². The van der Waals surface area contributed by atoms with E-state index in [1.54, 1.807) is 0 Å². The number of ether oxygens (including phenoxy) is 1. The Kier molecular flexibility index (Phi) is 8.43. The van der Waals surface area contributed by atoms with Crippen LogP contribution in [0.25, 0.3) is 0 Å². The Morgan fingerprint density at radius 1 is 1.14 bits per heavy atom. The highest BCUT2D eigenvalue weighted by Crippen LogP contribution is 2.18. The van der Waals surface area contributed by atoms with Gasteiger partial charge in [0.1, 0.15) is 12.4 Å². The number of benzene rings is 1. The van der Waals surface area contributed by atoms with Crippen LogP contribution in [0.5, 0.6) is 5.75 Å². The summed E-state index contributed by atoms with van der Waals surface area (Å²) in [6.45, 7) is 11.9. The highest BCUT2D eigenvalue weighted by atomic mass is 16.6. The second kappa shape index (κ2) is 10.1. The third-order valence-electron chi connectivity index (χ3n) is 2.65. The molecule has 1 rings (SSSR count). The van der Waals surface area contributed by atoms with Crippen LogP contribution in [0.4, 0.5) is 0 Å². The van der Waals surface area contributed by atoms with Crippen LogP contribution in [0.2, 0.25) is 0 Å². The van der Waals surface area contributed by atoms with Crippen molar-refractivity contribution < 1.29 is 14.0 Å². The van der Waals surface area contributed by atoms with Crippen LogP contribution < -0.4 is 4.74 Å². The molecule has 0 saturated heterocycles. The number of rotatable bonds is 8. The standard InChI is InChI=1S/C18H25BO3/c1-6-10-17-11-7-8-12-18(17)20-14-9-13-19(21-15(2)3)22-16(4)5/h6-8,11-12,15-16H,1,10,14H2,2-5H3. The molecule has 22 heavy (non-hydrogen) atoms. The monoisotopic (exact) mass is 300 g/mol. The van der Waals surface area contributed by atoms with Crippen molar-refractivity contribution in [2.24, 2.45) is 0 Å². The van der Waals surface area contributed by atoms with Crippen molar-refractivity contribution in [3.05, 3.63) is 42.5 Å². The predicted octanol–water partition coefficient (Wildman–Crippen LogP) is 3.67. The molecule has 0 aliphatic rings. The molecule has 1 aromatic rings. The largest absolute Gasteiger partial charge is 0.550 e. The molecule has 0 heterocycles. The van der Waals surface area contributed by atoms with E-state index in [-0.39, 0.29) is 12.2 Å². The van der Waals surface area contributed by atoms with E-state index in [1.807, 2.05) is 58.0 Å². The zero-order valence-electron chi connectivity index (χ0n) is 14.0. The van der Waals surface area contributed by atoms with Gasteiger partial charge in [0, 0.05) is 12.2 Å². The van der Waals surface area contributed by atoms with Gasteiger partial charge in [0.25, 0.3) is 0 Å². The molecule has 0 bridgehead atoms. The summed E-state index contributed by atoms with van der Waals surface area (Å²) in [5, 5.41) is 0. The molecule has 0 spiro atoms. The van der Waals surface area contributed by atoms with E-state index in [1.165, 1.54) is 0 Å². The first kappa shape index (κ1) is 18.4. The highest BCUT2D eigenvalue weighted by Gasteiger charge is 2.18. The van der Waals surface area contributed by atoms with Crippen molar-refractivity contribution in [2.75, 3.05) is 6.61 Å². The van der Waals surface area contributed by atoms with Crippen LogP contribution in [-0.4, -0.2) is 25.9 Å². The van der Waals surface area contributed by atoms with Gasteiger partial charge in [-0.3, -0.25) is 0 Å². The fourth-order valence-corrected chi connectivity index (χ4v) is 1.80. The van der Waals surface area contributed by atoms with Gasteiger partial charge in [0.15, 0.2) is 0 Å². The van der Waals surface area contributed by atoms with E-state index in [9.17, 15) is 0 Å². The number of para-hydroxylation sites is 1. The predicted molar refractivity (Wildman–Crippen MR) is 91.8 cm³/mol. The maximum atomic E-state index is 5.72. The summed E-state index contributed by atoms with van der Waals surface area (Å²) in [6.07, 6.45) is 2.76. The summed E-state index contributed by atoms with van der Waals surface area (Å²) in [5.74, 6) is 6.77. The van der Waals surface area contributed by atoms with Gasteiger partial charge in [-0.25, -0.2) is 0 Å². The lowest BCUT2D eigenvalue weighted by Crippen LogP contribution is -2.28. The molecule has 0 saturated carbocycles. The van der Waals surface area contributed by atoms with E-state index in [0.29, 0.717) is 6.61 Å². The highest BCUT2D eigenvalue weighted by molar-refractivity contribution is 6.54. The van der Waals surface area contributed by atoms with E-state index in [0.717, 1.165) is 17.7 Å². The van der Waals surface area contributed by atoms with Gasteiger partial charge in [-0.05, 0) is 45.7 Å². The molecule has 0 aromatic heterocycles. The minimum atomic E-state index is -0.521. The summed E-state index contributed by atoms with van der Waals surface area (Å²) in [6, 6.07) is 7.90. The quantitative estimate of drug-likeness (QED) is 0.416. The molecule has 0 radical (unpaired) electrons. The van der Waals surface area contributed by atoms with Crippen molar-refractivity contribution in [3.8, 4) is 17.5 Å². The van der Waals surface area contributed by atoms with Crippen molar-refractivity contribution in [3.63, 3.8) is 0 Å². The summed E-state index contributed by atoms with van der Waals surface area (Å²) in [4.78, 5) is 0. The second-order valence-electron chi connectivity index (χ2n) is 5.41.